The summed E-state index contributed by atoms with van der Waals surface area (Å²) in [7, 11) is 0. The maximum atomic E-state index is 9.59. The first-order valence-electron chi connectivity index (χ1n) is 6.31. The Morgan fingerprint density at radius 3 is 2.80 bits per heavy atom. The smallest absolute Gasteiger partial charge is 0.223 e. The lowest BCUT2D eigenvalue weighted by Crippen LogP contribution is -2.01. The molecular weight excluding hydrogens is 256 g/mol. The molecule has 0 bridgehead atoms. The third kappa shape index (κ3) is 2.35. The van der Waals surface area contributed by atoms with Crippen LogP contribution in [0.4, 0.5) is 0 Å². The minimum Gasteiger partial charge on any atom is -0.485 e. The average Bonchev–Trinajstić information content (AvgIpc) is 2.90. The number of aliphatic hydroxyl groups is 1. The van der Waals surface area contributed by atoms with Crippen molar-refractivity contribution in [3.8, 4) is 5.75 Å². The van der Waals surface area contributed by atoms with Gasteiger partial charge in [-0.1, -0.05) is 35.5 Å². The summed E-state index contributed by atoms with van der Waals surface area (Å²) < 4.78 is 10.6. The van der Waals surface area contributed by atoms with Gasteiger partial charge in [-0.05, 0) is 16.8 Å². The Bertz CT molecular complexity index is 737. The number of rotatable bonds is 4. The van der Waals surface area contributed by atoms with E-state index in [9.17, 15) is 5.11 Å². The van der Waals surface area contributed by atoms with Crippen LogP contribution in [0.15, 0.2) is 40.9 Å². The summed E-state index contributed by atoms with van der Waals surface area (Å²) in [6.07, 6.45) is 0. The summed E-state index contributed by atoms with van der Waals surface area (Å²) in [6.45, 7) is 1.86. The fourth-order valence-corrected chi connectivity index (χ4v) is 2.16. The summed E-state index contributed by atoms with van der Waals surface area (Å²) in [5.74, 6) is 1.62. The highest BCUT2D eigenvalue weighted by molar-refractivity contribution is 5.87. The second kappa shape index (κ2) is 5.30. The Labute approximate surface area is 115 Å². The van der Waals surface area contributed by atoms with Crippen molar-refractivity contribution in [2.75, 3.05) is 0 Å². The van der Waals surface area contributed by atoms with Crippen LogP contribution in [0.5, 0.6) is 5.75 Å². The van der Waals surface area contributed by atoms with E-state index in [1.165, 1.54) is 0 Å². The Hall–Kier alpha value is -2.40. The van der Waals surface area contributed by atoms with Gasteiger partial charge in [-0.2, -0.15) is 4.98 Å². The first-order valence-corrected chi connectivity index (χ1v) is 6.31. The lowest BCUT2D eigenvalue weighted by atomic mass is 10.0. The first kappa shape index (κ1) is 12.6. The van der Waals surface area contributed by atoms with E-state index in [0.717, 1.165) is 16.3 Å². The van der Waals surface area contributed by atoms with Gasteiger partial charge in [0.15, 0.2) is 6.61 Å². The topological polar surface area (TPSA) is 68.4 Å². The Kier molecular flexibility index (Phi) is 3.35. The molecule has 0 fully saturated rings. The van der Waals surface area contributed by atoms with Gasteiger partial charge < -0.3 is 14.4 Å². The van der Waals surface area contributed by atoms with Crippen LogP contribution in [-0.4, -0.2) is 15.2 Å². The summed E-state index contributed by atoms with van der Waals surface area (Å²) in [5, 5.41) is 15.4. The molecule has 0 amide bonds. The van der Waals surface area contributed by atoms with E-state index >= 15 is 0 Å². The van der Waals surface area contributed by atoms with Crippen molar-refractivity contribution in [2.45, 2.75) is 20.1 Å². The maximum Gasteiger partial charge on any atom is 0.223 e. The van der Waals surface area contributed by atoms with Gasteiger partial charge in [-0.15, -0.1) is 0 Å². The van der Waals surface area contributed by atoms with Gasteiger partial charge in [0, 0.05) is 12.5 Å². The van der Waals surface area contributed by atoms with Gasteiger partial charge in [0.05, 0.1) is 6.61 Å². The van der Waals surface area contributed by atoms with Gasteiger partial charge in [-0.3, -0.25) is 0 Å². The standard InChI is InChI=1S/C15H14N2O3/c1-10-16-15(17-20-10)9-19-14-7-6-11-4-2-3-5-12(11)13(14)8-18/h2-7,18H,8-9H2,1H3. The van der Waals surface area contributed by atoms with Crippen LogP contribution in [0.25, 0.3) is 10.8 Å². The zero-order valence-electron chi connectivity index (χ0n) is 11.0. The van der Waals surface area contributed by atoms with E-state index in [1.54, 1.807) is 6.92 Å². The minimum atomic E-state index is -0.0814. The molecule has 0 radical (unpaired) electrons. The molecule has 102 valence electrons. The highest BCUT2D eigenvalue weighted by Gasteiger charge is 2.09. The van der Waals surface area contributed by atoms with Crippen LogP contribution < -0.4 is 4.74 Å². The van der Waals surface area contributed by atoms with E-state index < -0.39 is 0 Å². The van der Waals surface area contributed by atoms with Crippen LogP contribution in [0.1, 0.15) is 17.3 Å². The molecule has 0 saturated heterocycles. The zero-order chi connectivity index (χ0) is 13.9. The molecular formula is C15H14N2O3. The normalized spacial score (nSPS) is 10.9. The molecule has 1 heterocycles. The van der Waals surface area contributed by atoms with E-state index in [2.05, 4.69) is 10.1 Å². The highest BCUT2D eigenvalue weighted by atomic mass is 16.5. The number of benzene rings is 2. The maximum absolute atomic E-state index is 9.59. The summed E-state index contributed by atoms with van der Waals surface area (Å²) in [5.41, 5.74) is 0.767. The van der Waals surface area contributed by atoms with Gasteiger partial charge in [-0.25, -0.2) is 0 Å². The molecule has 0 aliphatic carbocycles. The Morgan fingerprint density at radius 2 is 2.05 bits per heavy atom. The van der Waals surface area contributed by atoms with Gasteiger partial charge >= 0.3 is 0 Å². The fourth-order valence-electron chi connectivity index (χ4n) is 2.16. The number of ether oxygens (including phenoxy) is 1. The zero-order valence-corrected chi connectivity index (χ0v) is 11.0. The van der Waals surface area contributed by atoms with Crippen molar-refractivity contribution >= 4 is 10.8 Å². The number of aryl methyl sites for hydroxylation is 1. The van der Waals surface area contributed by atoms with Crippen molar-refractivity contribution in [1.82, 2.24) is 10.1 Å². The van der Waals surface area contributed by atoms with Crippen molar-refractivity contribution < 1.29 is 14.4 Å². The molecule has 0 spiro atoms. The number of aromatic nitrogens is 2. The summed E-state index contributed by atoms with van der Waals surface area (Å²) in [6, 6.07) is 11.7. The third-order valence-electron chi connectivity index (χ3n) is 3.08. The molecule has 1 aromatic heterocycles. The van der Waals surface area contributed by atoms with E-state index in [0.29, 0.717) is 17.5 Å². The number of hydrogen-bond acceptors (Lipinski definition) is 5. The van der Waals surface area contributed by atoms with E-state index in [-0.39, 0.29) is 13.2 Å². The lowest BCUT2D eigenvalue weighted by molar-refractivity contribution is 0.254. The second-order valence-electron chi connectivity index (χ2n) is 4.44. The highest BCUT2D eigenvalue weighted by Crippen LogP contribution is 2.28. The monoisotopic (exact) mass is 270 g/mol. The molecule has 3 rings (SSSR count). The SMILES string of the molecule is Cc1nc(COc2ccc3ccccc3c2CO)no1. The quantitative estimate of drug-likeness (QED) is 0.789. The molecule has 0 saturated carbocycles. The third-order valence-corrected chi connectivity index (χ3v) is 3.08. The summed E-state index contributed by atoms with van der Waals surface area (Å²) in [4.78, 5) is 4.08. The van der Waals surface area contributed by atoms with Crippen molar-refractivity contribution in [2.24, 2.45) is 0 Å². The Morgan fingerprint density at radius 1 is 1.20 bits per heavy atom. The molecule has 3 aromatic rings. The van der Waals surface area contributed by atoms with Crippen molar-refractivity contribution in [3.63, 3.8) is 0 Å². The van der Waals surface area contributed by atoms with Crippen LogP contribution in [0, 0.1) is 6.92 Å². The van der Waals surface area contributed by atoms with Gasteiger partial charge in [0.1, 0.15) is 5.75 Å². The molecule has 5 nitrogen and oxygen atoms in total. The number of nitrogens with zero attached hydrogens (tertiary/aromatic N) is 2. The Balaban J connectivity index is 1.91. The molecule has 20 heavy (non-hydrogen) atoms. The average molecular weight is 270 g/mol. The van der Waals surface area contributed by atoms with E-state index in [1.807, 2.05) is 36.4 Å². The molecule has 2 aromatic carbocycles. The molecule has 0 atom stereocenters. The van der Waals surface area contributed by atoms with E-state index in [4.69, 9.17) is 9.26 Å². The lowest BCUT2D eigenvalue weighted by Gasteiger charge is -2.11. The first-order chi connectivity index (χ1) is 9.78. The molecule has 0 unspecified atom stereocenters. The fraction of sp³-hybridized carbons (Fsp3) is 0.200. The largest absolute Gasteiger partial charge is 0.485 e. The number of hydrogen-bond donors (Lipinski definition) is 1. The van der Waals surface area contributed by atoms with Crippen LogP contribution in [0.3, 0.4) is 0 Å². The minimum absolute atomic E-state index is 0.0814. The van der Waals surface area contributed by atoms with Crippen molar-refractivity contribution in [3.05, 3.63) is 53.7 Å². The van der Waals surface area contributed by atoms with Crippen LogP contribution in [-0.2, 0) is 13.2 Å². The molecule has 5 heteroatoms. The molecule has 0 aliphatic heterocycles. The van der Waals surface area contributed by atoms with Crippen LogP contribution >= 0.6 is 0 Å². The predicted molar refractivity (Wildman–Crippen MR) is 73.2 cm³/mol. The van der Waals surface area contributed by atoms with Crippen LogP contribution in [0.2, 0.25) is 0 Å². The number of aliphatic hydroxyl groups excluding tert-OH is 1. The summed E-state index contributed by atoms with van der Waals surface area (Å²) >= 11 is 0. The van der Waals surface area contributed by atoms with Crippen molar-refractivity contribution in [1.29, 1.82) is 0 Å². The second-order valence-corrected chi connectivity index (χ2v) is 4.44. The van der Waals surface area contributed by atoms with Gasteiger partial charge in [0.25, 0.3) is 0 Å². The number of fused-ring (bicyclic) bond motifs is 1. The molecule has 1 N–H and O–H groups in total. The predicted octanol–water partition coefficient (Wildman–Crippen LogP) is 2.60. The van der Waals surface area contributed by atoms with Gasteiger partial charge in [0.2, 0.25) is 11.7 Å². The molecule has 0 aliphatic rings.